The van der Waals surface area contributed by atoms with Gasteiger partial charge < -0.3 is 14.9 Å². The molecule has 2 aromatic heterocycles. The number of aryl methyl sites for hydroxylation is 1. The van der Waals surface area contributed by atoms with Crippen LogP contribution in [0.15, 0.2) is 53.5 Å². The van der Waals surface area contributed by atoms with Crippen molar-refractivity contribution in [2.24, 2.45) is 0 Å². The fourth-order valence-corrected chi connectivity index (χ4v) is 4.14. The van der Waals surface area contributed by atoms with Crippen molar-refractivity contribution in [2.45, 2.75) is 26.3 Å². The standard InChI is InChI=1S/C23H21N3O2/c1-14-8-16-9-15-6-7-26(13-18(15)10-21(16)25-23(14)28)22(27)11-17-12-24-20-5-3-2-4-19(17)20/h2-5,8-10,12,24H,6-7,11,13H2,1H3,(H,25,28). The van der Waals surface area contributed by atoms with E-state index < -0.39 is 0 Å². The average molecular weight is 371 g/mol. The molecule has 0 bridgehead atoms. The summed E-state index contributed by atoms with van der Waals surface area (Å²) < 4.78 is 0. The lowest BCUT2D eigenvalue weighted by Crippen LogP contribution is -2.36. The number of hydrogen-bond donors (Lipinski definition) is 2. The molecule has 0 aliphatic carbocycles. The van der Waals surface area contributed by atoms with Crippen molar-refractivity contribution >= 4 is 27.7 Å². The van der Waals surface area contributed by atoms with Gasteiger partial charge in [0.1, 0.15) is 0 Å². The SMILES string of the molecule is Cc1cc2cc3c(cc2[nH]c1=O)CN(C(=O)Cc1c[nH]c2ccccc12)CC3. The Hall–Kier alpha value is -3.34. The second-order valence-corrected chi connectivity index (χ2v) is 7.59. The van der Waals surface area contributed by atoms with Crippen molar-refractivity contribution < 1.29 is 4.79 Å². The zero-order valence-electron chi connectivity index (χ0n) is 15.7. The first-order valence-corrected chi connectivity index (χ1v) is 9.57. The summed E-state index contributed by atoms with van der Waals surface area (Å²) in [6.07, 6.45) is 3.16. The first-order chi connectivity index (χ1) is 13.6. The summed E-state index contributed by atoms with van der Waals surface area (Å²) in [6.45, 7) is 3.13. The summed E-state index contributed by atoms with van der Waals surface area (Å²) in [6, 6.07) is 14.2. The quantitative estimate of drug-likeness (QED) is 0.567. The average Bonchev–Trinajstić information content (AvgIpc) is 3.10. The third-order valence-corrected chi connectivity index (χ3v) is 5.73. The lowest BCUT2D eigenvalue weighted by Gasteiger charge is -2.29. The summed E-state index contributed by atoms with van der Waals surface area (Å²) in [5, 5.41) is 2.15. The molecule has 0 saturated heterocycles. The molecule has 140 valence electrons. The summed E-state index contributed by atoms with van der Waals surface area (Å²) in [5.41, 5.74) is 5.96. The molecule has 5 heteroatoms. The molecule has 1 aliphatic rings. The molecule has 5 nitrogen and oxygen atoms in total. The van der Waals surface area contributed by atoms with Crippen LogP contribution in [-0.4, -0.2) is 27.3 Å². The van der Waals surface area contributed by atoms with Crippen molar-refractivity contribution in [3.63, 3.8) is 0 Å². The number of nitrogens with one attached hydrogen (secondary N) is 2. The van der Waals surface area contributed by atoms with Crippen molar-refractivity contribution in [1.82, 2.24) is 14.9 Å². The molecular weight excluding hydrogens is 350 g/mol. The minimum absolute atomic E-state index is 0.0597. The van der Waals surface area contributed by atoms with Gasteiger partial charge >= 0.3 is 0 Å². The molecule has 2 N–H and O–H groups in total. The number of aromatic amines is 2. The lowest BCUT2D eigenvalue weighted by atomic mass is 9.96. The predicted octanol–water partition coefficient (Wildman–Crippen LogP) is 3.45. The monoisotopic (exact) mass is 371 g/mol. The van der Waals surface area contributed by atoms with Gasteiger partial charge in [0.05, 0.1) is 6.42 Å². The highest BCUT2D eigenvalue weighted by molar-refractivity contribution is 5.89. The van der Waals surface area contributed by atoms with Crippen LogP contribution in [-0.2, 0) is 24.2 Å². The lowest BCUT2D eigenvalue weighted by molar-refractivity contribution is -0.131. The molecule has 1 aliphatic heterocycles. The number of fused-ring (bicyclic) bond motifs is 3. The van der Waals surface area contributed by atoms with Crippen molar-refractivity contribution in [3.05, 3.63) is 81.3 Å². The highest BCUT2D eigenvalue weighted by Gasteiger charge is 2.22. The van der Waals surface area contributed by atoms with E-state index in [1.54, 1.807) is 0 Å². The third kappa shape index (κ3) is 2.80. The fraction of sp³-hybridized carbons (Fsp3) is 0.217. The van der Waals surface area contributed by atoms with Crippen LogP contribution in [0.4, 0.5) is 0 Å². The number of hydrogen-bond acceptors (Lipinski definition) is 2. The van der Waals surface area contributed by atoms with Crippen LogP contribution in [0.25, 0.3) is 21.8 Å². The zero-order valence-corrected chi connectivity index (χ0v) is 15.7. The van der Waals surface area contributed by atoms with Gasteiger partial charge in [0.25, 0.3) is 5.56 Å². The van der Waals surface area contributed by atoms with E-state index in [-0.39, 0.29) is 11.5 Å². The Labute approximate surface area is 162 Å². The van der Waals surface area contributed by atoms with E-state index in [0.717, 1.165) is 51.5 Å². The van der Waals surface area contributed by atoms with Crippen molar-refractivity contribution in [2.75, 3.05) is 6.54 Å². The van der Waals surface area contributed by atoms with Gasteiger partial charge in [0.15, 0.2) is 0 Å². The molecular formula is C23H21N3O2. The summed E-state index contributed by atoms with van der Waals surface area (Å²) in [7, 11) is 0. The van der Waals surface area contributed by atoms with E-state index in [1.165, 1.54) is 5.56 Å². The van der Waals surface area contributed by atoms with Gasteiger partial charge in [-0.2, -0.15) is 0 Å². The minimum Gasteiger partial charge on any atom is -0.361 e. The molecule has 5 rings (SSSR count). The molecule has 28 heavy (non-hydrogen) atoms. The number of benzene rings is 2. The summed E-state index contributed by atoms with van der Waals surface area (Å²) in [4.78, 5) is 33.0. The fourth-order valence-electron chi connectivity index (χ4n) is 4.14. The maximum absolute atomic E-state index is 12.9. The van der Waals surface area contributed by atoms with Gasteiger partial charge in [-0.05, 0) is 59.7 Å². The number of carbonyl (C=O) groups is 1. The minimum atomic E-state index is -0.0597. The maximum Gasteiger partial charge on any atom is 0.251 e. The Kier molecular flexibility index (Phi) is 3.83. The first-order valence-electron chi connectivity index (χ1n) is 9.57. The van der Waals surface area contributed by atoms with Gasteiger partial charge in [-0.1, -0.05) is 18.2 Å². The van der Waals surface area contributed by atoms with Crippen LogP contribution >= 0.6 is 0 Å². The van der Waals surface area contributed by atoms with E-state index in [9.17, 15) is 9.59 Å². The number of para-hydroxylation sites is 1. The molecule has 0 spiro atoms. The maximum atomic E-state index is 12.9. The van der Waals surface area contributed by atoms with Gasteiger partial charge in [-0.15, -0.1) is 0 Å². The smallest absolute Gasteiger partial charge is 0.251 e. The van der Waals surface area contributed by atoms with Crippen LogP contribution < -0.4 is 5.56 Å². The van der Waals surface area contributed by atoms with Crippen LogP contribution in [0, 0.1) is 6.92 Å². The van der Waals surface area contributed by atoms with Gasteiger partial charge in [0, 0.05) is 41.3 Å². The number of H-pyrrole nitrogens is 2. The van der Waals surface area contributed by atoms with E-state index in [0.29, 0.717) is 13.0 Å². The Morgan fingerprint density at radius 1 is 1.11 bits per heavy atom. The highest BCUT2D eigenvalue weighted by Crippen LogP contribution is 2.25. The number of aromatic nitrogens is 2. The molecule has 3 heterocycles. The Bertz CT molecular complexity index is 1280. The second-order valence-electron chi connectivity index (χ2n) is 7.59. The predicted molar refractivity (Wildman–Crippen MR) is 110 cm³/mol. The van der Waals surface area contributed by atoms with Gasteiger partial charge in [-0.3, -0.25) is 9.59 Å². The summed E-state index contributed by atoms with van der Waals surface area (Å²) in [5.74, 6) is 0.132. The molecule has 0 saturated carbocycles. The number of pyridine rings is 1. The Balaban J connectivity index is 1.41. The molecule has 0 atom stereocenters. The molecule has 1 amide bonds. The highest BCUT2D eigenvalue weighted by atomic mass is 16.2. The van der Waals surface area contributed by atoms with E-state index in [2.05, 4.69) is 16.0 Å². The Morgan fingerprint density at radius 3 is 2.86 bits per heavy atom. The van der Waals surface area contributed by atoms with Crippen molar-refractivity contribution in [3.8, 4) is 0 Å². The molecule has 2 aromatic carbocycles. The van der Waals surface area contributed by atoms with Crippen LogP contribution in [0.2, 0.25) is 0 Å². The van der Waals surface area contributed by atoms with Crippen LogP contribution in [0.5, 0.6) is 0 Å². The largest absolute Gasteiger partial charge is 0.361 e. The molecule has 0 fully saturated rings. The van der Waals surface area contributed by atoms with Gasteiger partial charge in [0.2, 0.25) is 5.91 Å². The number of rotatable bonds is 2. The molecule has 0 radical (unpaired) electrons. The summed E-state index contributed by atoms with van der Waals surface area (Å²) >= 11 is 0. The van der Waals surface area contributed by atoms with Crippen molar-refractivity contribution in [1.29, 1.82) is 0 Å². The zero-order chi connectivity index (χ0) is 19.3. The van der Waals surface area contributed by atoms with E-state index in [4.69, 9.17) is 0 Å². The second kappa shape index (κ2) is 6.37. The van der Waals surface area contributed by atoms with E-state index >= 15 is 0 Å². The first kappa shape index (κ1) is 16.8. The Morgan fingerprint density at radius 2 is 1.96 bits per heavy atom. The number of nitrogens with zero attached hydrogens (tertiary/aromatic N) is 1. The molecule has 4 aromatic rings. The number of amides is 1. The number of carbonyl (C=O) groups excluding carboxylic acids is 1. The van der Waals surface area contributed by atoms with Crippen LogP contribution in [0.1, 0.15) is 22.3 Å². The van der Waals surface area contributed by atoms with E-state index in [1.807, 2.05) is 54.4 Å². The normalized spacial score (nSPS) is 13.8. The third-order valence-electron chi connectivity index (χ3n) is 5.73. The molecule has 0 unspecified atom stereocenters. The topological polar surface area (TPSA) is 69.0 Å². The van der Waals surface area contributed by atoms with Crippen LogP contribution in [0.3, 0.4) is 0 Å². The van der Waals surface area contributed by atoms with Gasteiger partial charge in [-0.25, -0.2) is 0 Å².